The number of ether oxygens (including phenoxy) is 1. The topological polar surface area (TPSA) is 70.4 Å². The zero-order valence-electron chi connectivity index (χ0n) is 10.3. The Bertz CT molecular complexity index is 335. The number of carbonyl (C=O) groups is 2. The third-order valence-electron chi connectivity index (χ3n) is 2.88. The van der Waals surface area contributed by atoms with E-state index < -0.39 is 6.10 Å². The SMILES string of the molecule is CCC(=O)N1CCC[C@@H](C(=O)O[C@H](C)C#N)C1. The molecule has 1 aliphatic rings. The van der Waals surface area contributed by atoms with Crippen LogP contribution in [0.15, 0.2) is 0 Å². The van der Waals surface area contributed by atoms with Gasteiger partial charge in [0.2, 0.25) is 5.91 Å². The molecule has 1 heterocycles. The van der Waals surface area contributed by atoms with Gasteiger partial charge in [0.25, 0.3) is 0 Å². The first-order valence-electron chi connectivity index (χ1n) is 5.96. The first-order chi connectivity index (χ1) is 8.08. The van der Waals surface area contributed by atoms with Crippen molar-refractivity contribution in [3.05, 3.63) is 0 Å². The Morgan fingerprint density at radius 1 is 1.59 bits per heavy atom. The lowest BCUT2D eigenvalue weighted by Crippen LogP contribution is -2.42. The Morgan fingerprint density at radius 2 is 2.29 bits per heavy atom. The number of amides is 1. The molecule has 0 aliphatic carbocycles. The van der Waals surface area contributed by atoms with Crippen molar-refractivity contribution in [2.75, 3.05) is 13.1 Å². The molecule has 0 aromatic rings. The van der Waals surface area contributed by atoms with Gasteiger partial charge in [-0.05, 0) is 19.8 Å². The number of nitrogens with zero attached hydrogens (tertiary/aromatic N) is 2. The van der Waals surface area contributed by atoms with Crippen LogP contribution in [0.3, 0.4) is 0 Å². The molecule has 1 rings (SSSR count). The number of hydrogen-bond acceptors (Lipinski definition) is 4. The molecule has 94 valence electrons. The number of carbonyl (C=O) groups excluding carboxylic acids is 2. The maximum atomic E-state index is 11.7. The quantitative estimate of drug-likeness (QED) is 0.690. The summed E-state index contributed by atoms with van der Waals surface area (Å²) in [6.45, 7) is 4.48. The minimum atomic E-state index is -0.722. The Balaban J connectivity index is 2.52. The summed E-state index contributed by atoms with van der Waals surface area (Å²) in [5, 5.41) is 8.57. The van der Waals surface area contributed by atoms with E-state index in [0.717, 1.165) is 12.8 Å². The van der Waals surface area contributed by atoms with Crippen LogP contribution >= 0.6 is 0 Å². The highest BCUT2D eigenvalue weighted by Crippen LogP contribution is 2.19. The average Bonchev–Trinajstić information content (AvgIpc) is 2.37. The van der Waals surface area contributed by atoms with E-state index >= 15 is 0 Å². The van der Waals surface area contributed by atoms with Crippen LogP contribution in [-0.2, 0) is 14.3 Å². The van der Waals surface area contributed by atoms with Crippen LogP contribution in [0.25, 0.3) is 0 Å². The van der Waals surface area contributed by atoms with Gasteiger partial charge in [0.1, 0.15) is 6.07 Å². The van der Waals surface area contributed by atoms with Crippen molar-refractivity contribution in [2.45, 2.75) is 39.2 Å². The number of nitriles is 1. The molecule has 5 heteroatoms. The highest BCUT2D eigenvalue weighted by Gasteiger charge is 2.29. The molecule has 0 spiro atoms. The first-order valence-corrected chi connectivity index (χ1v) is 5.96. The van der Waals surface area contributed by atoms with Crippen LogP contribution in [0, 0.1) is 17.2 Å². The molecule has 0 N–H and O–H groups in total. The molecule has 1 aliphatic heterocycles. The summed E-state index contributed by atoms with van der Waals surface area (Å²) in [7, 11) is 0. The molecule has 0 bridgehead atoms. The minimum Gasteiger partial charge on any atom is -0.447 e. The van der Waals surface area contributed by atoms with Gasteiger partial charge in [0.15, 0.2) is 6.10 Å². The minimum absolute atomic E-state index is 0.0656. The maximum Gasteiger partial charge on any atom is 0.312 e. The van der Waals surface area contributed by atoms with Crippen LogP contribution in [0.5, 0.6) is 0 Å². The van der Waals surface area contributed by atoms with Crippen molar-refractivity contribution in [3.63, 3.8) is 0 Å². The molecule has 1 amide bonds. The van der Waals surface area contributed by atoms with Gasteiger partial charge < -0.3 is 9.64 Å². The van der Waals surface area contributed by atoms with Crippen LogP contribution in [-0.4, -0.2) is 36.0 Å². The van der Waals surface area contributed by atoms with E-state index in [1.54, 1.807) is 4.90 Å². The van der Waals surface area contributed by atoms with Crippen LogP contribution in [0.2, 0.25) is 0 Å². The Kier molecular flexibility index (Phi) is 4.95. The summed E-state index contributed by atoms with van der Waals surface area (Å²) in [4.78, 5) is 24.9. The zero-order chi connectivity index (χ0) is 12.8. The third kappa shape index (κ3) is 3.74. The van der Waals surface area contributed by atoms with E-state index in [-0.39, 0.29) is 17.8 Å². The third-order valence-corrected chi connectivity index (χ3v) is 2.88. The van der Waals surface area contributed by atoms with Gasteiger partial charge in [0.05, 0.1) is 5.92 Å². The number of esters is 1. The summed E-state index contributed by atoms with van der Waals surface area (Å²) in [5.74, 6) is -0.585. The molecular weight excluding hydrogens is 220 g/mol. The first kappa shape index (κ1) is 13.5. The highest BCUT2D eigenvalue weighted by atomic mass is 16.5. The van der Waals surface area contributed by atoms with Gasteiger partial charge in [-0.25, -0.2) is 0 Å². The molecule has 5 nitrogen and oxygen atoms in total. The summed E-state index contributed by atoms with van der Waals surface area (Å²) in [6.07, 6.45) is 1.27. The smallest absolute Gasteiger partial charge is 0.312 e. The van der Waals surface area contributed by atoms with Crippen molar-refractivity contribution in [2.24, 2.45) is 5.92 Å². The Labute approximate surface area is 101 Å². The maximum absolute atomic E-state index is 11.7. The van der Waals surface area contributed by atoms with E-state index in [1.807, 2.05) is 13.0 Å². The van der Waals surface area contributed by atoms with Gasteiger partial charge in [-0.1, -0.05) is 6.92 Å². The average molecular weight is 238 g/mol. The molecule has 17 heavy (non-hydrogen) atoms. The largest absolute Gasteiger partial charge is 0.447 e. The van der Waals surface area contributed by atoms with E-state index in [9.17, 15) is 9.59 Å². The lowest BCUT2D eigenvalue weighted by molar-refractivity contribution is -0.153. The van der Waals surface area contributed by atoms with Crippen molar-refractivity contribution in [3.8, 4) is 6.07 Å². The van der Waals surface area contributed by atoms with Gasteiger partial charge in [0, 0.05) is 19.5 Å². The van der Waals surface area contributed by atoms with E-state index in [1.165, 1.54) is 6.92 Å². The molecule has 0 radical (unpaired) electrons. The zero-order valence-corrected chi connectivity index (χ0v) is 10.3. The van der Waals surface area contributed by atoms with Crippen molar-refractivity contribution >= 4 is 11.9 Å². The number of hydrogen-bond donors (Lipinski definition) is 0. The fraction of sp³-hybridized carbons (Fsp3) is 0.750. The molecule has 1 saturated heterocycles. The van der Waals surface area contributed by atoms with Gasteiger partial charge >= 0.3 is 5.97 Å². The predicted octanol–water partition coefficient (Wildman–Crippen LogP) is 1.09. The predicted molar refractivity (Wildman–Crippen MR) is 60.8 cm³/mol. The lowest BCUT2D eigenvalue weighted by atomic mass is 9.98. The summed E-state index contributed by atoms with van der Waals surface area (Å²) < 4.78 is 4.96. The number of rotatable bonds is 3. The fourth-order valence-corrected chi connectivity index (χ4v) is 1.92. The lowest BCUT2D eigenvalue weighted by Gasteiger charge is -2.31. The van der Waals surface area contributed by atoms with Gasteiger partial charge in [-0.15, -0.1) is 0 Å². The van der Waals surface area contributed by atoms with Crippen molar-refractivity contribution in [1.82, 2.24) is 4.90 Å². The van der Waals surface area contributed by atoms with Crippen LogP contribution in [0.4, 0.5) is 0 Å². The van der Waals surface area contributed by atoms with Gasteiger partial charge in [-0.3, -0.25) is 9.59 Å². The monoisotopic (exact) mass is 238 g/mol. The van der Waals surface area contributed by atoms with E-state index in [2.05, 4.69) is 0 Å². The second-order valence-corrected chi connectivity index (χ2v) is 4.24. The molecule has 0 saturated carbocycles. The summed E-state index contributed by atoms with van der Waals surface area (Å²) in [6, 6.07) is 1.86. The van der Waals surface area contributed by atoms with E-state index in [0.29, 0.717) is 19.5 Å². The molecule has 1 fully saturated rings. The van der Waals surface area contributed by atoms with Crippen molar-refractivity contribution in [1.29, 1.82) is 5.26 Å². The molecule has 2 atom stereocenters. The second-order valence-electron chi connectivity index (χ2n) is 4.24. The molecule has 0 unspecified atom stereocenters. The highest BCUT2D eigenvalue weighted by molar-refractivity contribution is 5.78. The standard InChI is InChI=1S/C12H18N2O3/c1-3-11(15)14-6-4-5-10(8-14)12(16)17-9(2)7-13/h9-10H,3-6,8H2,1-2H3/t9-,10-/m1/s1. The van der Waals surface area contributed by atoms with Crippen molar-refractivity contribution < 1.29 is 14.3 Å². The molecule has 0 aromatic carbocycles. The molecule has 0 aromatic heterocycles. The molecular formula is C12H18N2O3. The fourth-order valence-electron chi connectivity index (χ4n) is 1.92. The van der Waals surface area contributed by atoms with Crippen LogP contribution in [0.1, 0.15) is 33.1 Å². The van der Waals surface area contributed by atoms with E-state index in [4.69, 9.17) is 10.00 Å². The summed E-state index contributed by atoms with van der Waals surface area (Å²) >= 11 is 0. The Hall–Kier alpha value is -1.57. The summed E-state index contributed by atoms with van der Waals surface area (Å²) in [5.41, 5.74) is 0. The second kappa shape index (κ2) is 6.24. The normalized spacial score (nSPS) is 21.5. The number of piperidine rings is 1. The number of likely N-dealkylation sites (tertiary alicyclic amines) is 1. The van der Waals surface area contributed by atoms with Gasteiger partial charge in [-0.2, -0.15) is 5.26 Å². The Morgan fingerprint density at radius 3 is 2.88 bits per heavy atom. The van der Waals surface area contributed by atoms with Crippen LogP contribution < -0.4 is 0 Å².